The van der Waals surface area contributed by atoms with Crippen molar-refractivity contribution in [3.05, 3.63) is 0 Å². The van der Waals surface area contributed by atoms with Crippen LogP contribution in [0.1, 0.15) is 26.7 Å². The van der Waals surface area contributed by atoms with Gasteiger partial charge in [-0.15, -0.1) is 0 Å². The van der Waals surface area contributed by atoms with Crippen LogP contribution in [0, 0.1) is 23.7 Å². The Hall–Kier alpha value is -0.0800. The van der Waals surface area contributed by atoms with Gasteiger partial charge in [0, 0.05) is 32.2 Å². The highest BCUT2D eigenvalue weighted by Crippen LogP contribution is 2.45. The molecule has 0 aromatic heterocycles. The van der Waals surface area contributed by atoms with Gasteiger partial charge < -0.3 is 4.90 Å². The minimum Gasteiger partial charge on any atom is -0.303 e. The van der Waals surface area contributed by atoms with Gasteiger partial charge in [-0.3, -0.25) is 4.90 Å². The summed E-state index contributed by atoms with van der Waals surface area (Å²) in [6.07, 6.45) is 3.03. The minimum absolute atomic E-state index is 0.896. The molecule has 3 fully saturated rings. The third-order valence-electron chi connectivity index (χ3n) is 5.32. The van der Waals surface area contributed by atoms with Crippen LogP contribution in [0.25, 0.3) is 0 Å². The molecular weight excluding hydrogens is 196 g/mol. The lowest BCUT2D eigenvalue weighted by molar-refractivity contribution is 0.0618. The van der Waals surface area contributed by atoms with Crippen molar-refractivity contribution in [2.24, 2.45) is 23.7 Å². The second-order valence-corrected chi connectivity index (χ2v) is 6.82. The summed E-state index contributed by atoms with van der Waals surface area (Å²) in [6, 6.07) is 0.896. The predicted molar refractivity (Wildman–Crippen MR) is 67.4 cm³/mol. The van der Waals surface area contributed by atoms with Crippen molar-refractivity contribution in [1.82, 2.24) is 9.80 Å². The Morgan fingerprint density at radius 3 is 1.94 bits per heavy atom. The summed E-state index contributed by atoms with van der Waals surface area (Å²) in [4.78, 5) is 5.22. The van der Waals surface area contributed by atoms with Crippen LogP contribution in [0.2, 0.25) is 0 Å². The second-order valence-electron chi connectivity index (χ2n) is 6.82. The first-order valence-electron chi connectivity index (χ1n) is 7.06. The van der Waals surface area contributed by atoms with Crippen LogP contribution in [0.3, 0.4) is 0 Å². The Labute approximate surface area is 100.0 Å². The molecule has 3 atom stereocenters. The molecule has 0 aromatic carbocycles. The maximum atomic E-state index is 2.78. The lowest BCUT2D eigenvalue weighted by Gasteiger charge is -2.42. The van der Waals surface area contributed by atoms with Gasteiger partial charge in [-0.2, -0.15) is 0 Å². The molecule has 0 amide bonds. The van der Waals surface area contributed by atoms with Crippen LogP contribution < -0.4 is 0 Å². The maximum Gasteiger partial charge on any atom is 0.0350 e. The largest absolute Gasteiger partial charge is 0.303 e. The van der Waals surface area contributed by atoms with Gasteiger partial charge in [0.2, 0.25) is 0 Å². The Morgan fingerprint density at radius 1 is 0.938 bits per heavy atom. The zero-order valence-electron chi connectivity index (χ0n) is 11.0. The topological polar surface area (TPSA) is 6.48 Å². The molecule has 3 aliphatic rings. The molecule has 3 rings (SSSR count). The van der Waals surface area contributed by atoms with Crippen LogP contribution in [0.4, 0.5) is 0 Å². The lowest BCUT2D eigenvalue weighted by Crippen LogP contribution is -2.57. The fourth-order valence-electron chi connectivity index (χ4n) is 4.12. The van der Waals surface area contributed by atoms with Gasteiger partial charge in [-0.05, 0) is 43.6 Å². The van der Waals surface area contributed by atoms with Crippen LogP contribution in [-0.2, 0) is 0 Å². The van der Waals surface area contributed by atoms with Gasteiger partial charge in [-0.25, -0.2) is 0 Å². The van der Waals surface area contributed by atoms with E-state index in [4.69, 9.17) is 0 Å². The highest BCUT2D eigenvalue weighted by atomic mass is 15.3. The first-order valence-corrected chi connectivity index (χ1v) is 7.06. The molecule has 0 bridgehead atoms. The molecule has 0 spiro atoms. The Bertz CT molecular complexity index is 243. The number of hydrogen-bond donors (Lipinski definition) is 0. The third-order valence-corrected chi connectivity index (χ3v) is 5.32. The summed E-state index contributed by atoms with van der Waals surface area (Å²) in [5.41, 5.74) is 0. The molecule has 0 unspecified atom stereocenters. The van der Waals surface area contributed by atoms with Gasteiger partial charge in [0.15, 0.2) is 0 Å². The van der Waals surface area contributed by atoms with E-state index in [2.05, 4.69) is 30.7 Å². The van der Waals surface area contributed by atoms with E-state index < -0.39 is 0 Å². The number of hydrogen-bond acceptors (Lipinski definition) is 2. The number of likely N-dealkylation sites (N-methyl/N-ethyl adjacent to an activating group) is 1. The normalized spacial score (nSPS) is 41.6. The van der Waals surface area contributed by atoms with Gasteiger partial charge in [-0.1, -0.05) is 13.8 Å². The smallest absolute Gasteiger partial charge is 0.0350 e. The molecule has 1 saturated carbocycles. The number of nitrogens with zero attached hydrogens (tertiary/aromatic N) is 2. The van der Waals surface area contributed by atoms with E-state index in [0.717, 1.165) is 29.7 Å². The van der Waals surface area contributed by atoms with E-state index >= 15 is 0 Å². The van der Waals surface area contributed by atoms with Crippen molar-refractivity contribution in [2.75, 3.05) is 33.2 Å². The average molecular weight is 222 g/mol. The first-order chi connectivity index (χ1) is 7.63. The Morgan fingerprint density at radius 2 is 1.50 bits per heavy atom. The summed E-state index contributed by atoms with van der Waals surface area (Å²) in [7, 11) is 2.24. The minimum atomic E-state index is 0.896. The van der Waals surface area contributed by atoms with E-state index in [-0.39, 0.29) is 0 Å². The first kappa shape index (κ1) is 11.0. The second kappa shape index (κ2) is 3.99. The molecule has 2 saturated heterocycles. The average Bonchev–Trinajstić information content (AvgIpc) is 2.68. The fraction of sp³-hybridized carbons (Fsp3) is 1.00. The van der Waals surface area contributed by atoms with Crippen LogP contribution in [0.15, 0.2) is 0 Å². The number of rotatable bonds is 2. The highest BCUT2D eigenvalue weighted by molar-refractivity contribution is 4.97. The summed E-state index contributed by atoms with van der Waals surface area (Å²) < 4.78 is 0. The van der Waals surface area contributed by atoms with E-state index in [0.29, 0.717) is 0 Å². The SMILES string of the molecule is CC(C)[C@@H]1C[C@@H]2CN(C3CN(C)C3)C[C@@H]2C1. The molecule has 0 radical (unpaired) electrons. The summed E-state index contributed by atoms with van der Waals surface area (Å²) in [5.74, 6) is 4.02. The van der Waals surface area contributed by atoms with Crippen LogP contribution >= 0.6 is 0 Å². The van der Waals surface area contributed by atoms with Crippen LogP contribution in [0.5, 0.6) is 0 Å². The quantitative estimate of drug-likeness (QED) is 0.704. The van der Waals surface area contributed by atoms with E-state index in [1.165, 1.54) is 39.0 Å². The third kappa shape index (κ3) is 1.80. The van der Waals surface area contributed by atoms with Crippen molar-refractivity contribution >= 4 is 0 Å². The van der Waals surface area contributed by atoms with Gasteiger partial charge in [0.05, 0.1) is 0 Å². The molecule has 2 heteroatoms. The molecule has 92 valence electrons. The van der Waals surface area contributed by atoms with Crippen molar-refractivity contribution < 1.29 is 0 Å². The van der Waals surface area contributed by atoms with Crippen molar-refractivity contribution in [3.8, 4) is 0 Å². The van der Waals surface area contributed by atoms with E-state index in [1.54, 1.807) is 0 Å². The van der Waals surface area contributed by atoms with E-state index in [9.17, 15) is 0 Å². The van der Waals surface area contributed by atoms with Crippen LogP contribution in [-0.4, -0.2) is 49.1 Å². The fourth-order valence-corrected chi connectivity index (χ4v) is 4.12. The molecule has 16 heavy (non-hydrogen) atoms. The standard InChI is InChI=1S/C14H26N2/c1-10(2)11-4-12-6-16(7-13(12)5-11)14-8-15(3)9-14/h10-14H,4-9H2,1-3H3/t11-,12-,13+. The summed E-state index contributed by atoms with van der Waals surface area (Å²) in [6.45, 7) is 10.3. The van der Waals surface area contributed by atoms with E-state index in [1.807, 2.05) is 0 Å². The molecular formula is C14H26N2. The number of fused-ring (bicyclic) bond motifs is 1. The van der Waals surface area contributed by atoms with Crippen molar-refractivity contribution in [2.45, 2.75) is 32.7 Å². The molecule has 2 aliphatic heterocycles. The molecule has 0 aromatic rings. The van der Waals surface area contributed by atoms with Gasteiger partial charge in [0.25, 0.3) is 0 Å². The van der Waals surface area contributed by atoms with Gasteiger partial charge >= 0.3 is 0 Å². The maximum absolute atomic E-state index is 2.78. The van der Waals surface area contributed by atoms with Crippen molar-refractivity contribution in [3.63, 3.8) is 0 Å². The molecule has 1 aliphatic carbocycles. The Kier molecular flexibility index (Phi) is 2.75. The highest BCUT2D eigenvalue weighted by Gasteiger charge is 2.44. The molecule has 2 nitrogen and oxygen atoms in total. The molecule has 0 N–H and O–H groups in total. The van der Waals surface area contributed by atoms with Crippen molar-refractivity contribution in [1.29, 1.82) is 0 Å². The van der Waals surface area contributed by atoms with Gasteiger partial charge in [0.1, 0.15) is 0 Å². The summed E-state index contributed by atoms with van der Waals surface area (Å²) >= 11 is 0. The number of likely N-dealkylation sites (tertiary alicyclic amines) is 2. The monoisotopic (exact) mass is 222 g/mol. The zero-order chi connectivity index (χ0) is 11.3. The Balaban J connectivity index is 1.53. The zero-order valence-corrected chi connectivity index (χ0v) is 11.0. The molecule has 2 heterocycles. The summed E-state index contributed by atoms with van der Waals surface area (Å²) in [5, 5.41) is 0. The lowest BCUT2D eigenvalue weighted by atomic mass is 9.92. The predicted octanol–water partition coefficient (Wildman–Crippen LogP) is 1.91.